The fourth-order valence-corrected chi connectivity index (χ4v) is 5.06. The standard InChI is InChI=1S/C21H23N7O2S/c1-13-9-14(10-24-21(13)22)16-3-4-17-19(26-16)20-18(11-23-17)25-12-28(20)15-5-7-27(8-6-15)31(2,29)30/h3-4,9-12,15H,5-8H2,1-2H3,(H2,22,24). The number of nitrogen functional groups attached to an aromatic ring is 1. The van der Waals surface area contributed by atoms with Crippen LogP contribution in [0.5, 0.6) is 0 Å². The van der Waals surface area contributed by atoms with E-state index in [1.807, 2.05) is 31.5 Å². The molecule has 0 unspecified atom stereocenters. The molecule has 0 spiro atoms. The van der Waals surface area contributed by atoms with Crippen molar-refractivity contribution in [2.75, 3.05) is 25.1 Å². The summed E-state index contributed by atoms with van der Waals surface area (Å²) in [5, 5.41) is 0. The van der Waals surface area contributed by atoms with Crippen LogP contribution in [0, 0.1) is 6.92 Å². The highest BCUT2D eigenvalue weighted by atomic mass is 32.2. The normalized spacial score (nSPS) is 16.3. The lowest BCUT2D eigenvalue weighted by Crippen LogP contribution is -2.38. The summed E-state index contributed by atoms with van der Waals surface area (Å²) < 4.78 is 27.4. The number of sulfonamides is 1. The molecule has 0 saturated carbocycles. The summed E-state index contributed by atoms with van der Waals surface area (Å²) in [6.07, 6.45) is 8.01. The van der Waals surface area contributed by atoms with Crippen molar-refractivity contribution in [3.05, 3.63) is 42.5 Å². The van der Waals surface area contributed by atoms with Crippen molar-refractivity contribution in [3.8, 4) is 11.3 Å². The third-order valence-electron chi connectivity index (χ3n) is 5.95. The average molecular weight is 438 g/mol. The van der Waals surface area contributed by atoms with Gasteiger partial charge in [-0.2, -0.15) is 0 Å². The van der Waals surface area contributed by atoms with Gasteiger partial charge in [0.2, 0.25) is 10.0 Å². The number of aromatic nitrogens is 5. The highest BCUT2D eigenvalue weighted by molar-refractivity contribution is 7.88. The Morgan fingerprint density at radius 2 is 1.84 bits per heavy atom. The number of hydrogen-bond donors (Lipinski definition) is 1. The highest BCUT2D eigenvalue weighted by Gasteiger charge is 2.27. The van der Waals surface area contributed by atoms with Gasteiger partial charge in [0, 0.05) is 30.9 Å². The van der Waals surface area contributed by atoms with E-state index in [9.17, 15) is 8.42 Å². The van der Waals surface area contributed by atoms with Gasteiger partial charge in [0.1, 0.15) is 16.9 Å². The number of aryl methyl sites for hydroxylation is 1. The number of rotatable bonds is 3. The lowest BCUT2D eigenvalue weighted by molar-refractivity contribution is 0.278. The maximum Gasteiger partial charge on any atom is 0.211 e. The minimum Gasteiger partial charge on any atom is -0.383 e. The van der Waals surface area contributed by atoms with Gasteiger partial charge in [-0.25, -0.2) is 27.7 Å². The Morgan fingerprint density at radius 3 is 2.55 bits per heavy atom. The van der Waals surface area contributed by atoms with Crippen LogP contribution in [0.2, 0.25) is 0 Å². The molecule has 160 valence electrons. The van der Waals surface area contributed by atoms with Gasteiger partial charge in [0.25, 0.3) is 0 Å². The Hall–Kier alpha value is -3.11. The van der Waals surface area contributed by atoms with Gasteiger partial charge < -0.3 is 10.3 Å². The number of anilines is 1. The SMILES string of the molecule is Cc1cc(-c2ccc3ncc4ncn(C5CCN(S(C)(=O)=O)CC5)c4c3n2)cnc1N. The Kier molecular flexibility index (Phi) is 4.63. The highest BCUT2D eigenvalue weighted by Crippen LogP contribution is 2.31. The summed E-state index contributed by atoms with van der Waals surface area (Å²) in [4.78, 5) is 18.2. The molecule has 1 saturated heterocycles. The molecule has 0 aliphatic carbocycles. The predicted molar refractivity (Wildman–Crippen MR) is 120 cm³/mol. The second-order valence-electron chi connectivity index (χ2n) is 8.03. The Morgan fingerprint density at radius 1 is 1.06 bits per heavy atom. The summed E-state index contributed by atoms with van der Waals surface area (Å²) in [7, 11) is -3.17. The van der Waals surface area contributed by atoms with Crippen LogP contribution in [0.1, 0.15) is 24.4 Å². The van der Waals surface area contributed by atoms with Gasteiger partial charge in [-0.1, -0.05) is 0 Å². The topological polar surface area (TPSA) is 120 Å². The largest absolute Gasteiger partial charge is 0.383 e. The van der Waals surface area contributed by atoms with Crippen molar-refractivity contribution in [1.29, 1.82) is 0 Å². The molecule has 0 aromatic carbocycles. The Bertz CT molecular complexity index is 1410. The van der Waals surface area contributed by atoms with Crippen LogP contribution in [-0.2, 0) is 10.0 Å². The molecule has 5 rings (SSSR count). The zero-order chi connectivity index (χ0) is 21.8. The predicted octanol–water partition coefficient (Wildman–Crippen LogP) is 2.53. The number of imidazole rings is 1. The minimum atomic E-state index is -3.17. The van der Waals surface area contributed by atoms with Crippen molar-refractivity contribution in [2.45, 2.75) is 25.8 Å². The van der Waals surface area contributed by atoms with Crippen LogP contribution in [0.25, 0.3) is 33.3 Å². The summed E-state index contributed by atoms with van der Waals surface area (Å²) in [5.41, 5.74) is 11.7. The molecule has 9 nitrogen and oxygen atoms in total. The van der Waals surface area contributed by atoms with Gasteiger partial charge >= 0.3 is 0 Å². The molecule has 5 heterocycles. The van der Waals surface area contributed by atoms with Crippen molar-refractivity contribution >= 4 is 37.9 Å². The molecular weight excluding hydrogens is 414 g/mol. The molecular formula is C21H23N7O2S. The van der Waals surface area contributed by atoms with E-state index in [1.54, 1.807) is 12.4 Å². The molecule has 0 radical (unpaired) electrons. The number of pyridine rings is 3. The fraction of sp³-hybridized carbons (Fsp3) is 0.333. The van der Waals surface area contributed by atoms with E-state index in [0.717, 1.165) is 51.7 Å². The fourth-order valence-electron chi connectivity index (χ4n) is 4.19. The average Bonchev–Trinajstić information content (AvgIpc) is 3.19. The van der Waals surface area contributed by atoms with Crippen LogP contribution in [0.3, 0.4) is 0 Å². The second-order valence-corrected chi connectivity index (χ2v) is 10.0. The molecule has 10 heteroatoms. The van der Waals surface area contributed by atoms with E-state index >= 15 is 0 Å². The number of hydrogen-bond acceptors (Lipinski definition) is 7. The summed E-state index contributed by atoms with van der Waals surface area (Å²) in [6.45, 7) is 2.92. The molecule has 4 aromatic rings. The summed E-state index contributed by atoms with van der Waals surface area (Å²) in [6, 6.07) is 6.01. The lowest BCUT2D eigenvalue weighted by atomic mass is 10.1. The third kappa shape index (κ3) is 3.51. The van der Waals surface area contributed by atoms with Crippen molar-refractivity contribution < 1.29 is 8.42 Å². The molecule has 4 aromatic heterocycles. The summed E-state index contributed by atoms with van der Waals surface area (Å²) in [5.74, 6) is 0.507. The number of nitrogens with zero attached hydrogens (tertiary/aromatic N) is 6. The number of piperidine rings is 1. The quantitative estimate of drug-likeness (QED) is 0.523. The number of nitrogens with two attached hydrogens (primary N) is 1. The third-order valence-corrected chi connectivity index (χ3v) is 7.25. The van der Waals surface area contributed by atoms with E-state index in [4.69, 9.17) is 10.7 Å². The maximum absolute atomic E-state index is 11.9. The second kappa shape index (κ2) is 7.24. The number of fused-ring (bicyclic) bond motifs is 3. The van der Waals surface area contributed by atoms with E-state index in [2.05, 4.69) is 19.5 Å². The van der Waals surface area contributed by atoms with Gasteiger partial charge in [-0.3, -0.25) is 4.98 Å². The molecule has 2 N–H and O–H groups in total. The van der Waals surface area contributed by atoms with Crippen LogP contribution in [-0.4, -0.2) is 56.6 Å². The molecule has 0 bridgehead atoms. The van der Waals surface area contributed by atoms with Crippen molar-refractivity contribution in [1.82, 2.24) is 28.8 Å². The first-order valence-electron chi connectivity index (χ1n) is 10.1. The molecule has 31 heavy (non-hydrogen) atoms. The van der Waals surface area contributed by atoms with Crippen LogP contribution in [0.15, 0.2) is 36.9 Å². The summed E-state index contributed by atoms with van der Waals surface area (Å²) >= 11 is 0. The van der Waals surface area contributed by atoms with Crippen LogP contribution < -0.4 is 5.73 Å². The Labute approximate surface area is 180 Å². The van der Waals surface area contributed by atoms with Crippen LogP contribution >= 0.6 is 0 Å². The first kappa shape index (κ1) is 19.8. The Balaban J connectivity index is 1.59. The van der Waals surface area contributed by atoms with Crippen molar-refractivity contribution in [2.24, 2.45) is 0 Å². The lowest BCUT2D eigenvalue weighted by Gasteiger charge is -2.31. The molecule has 1 aliphatic heterocycles. The van der Waals surface area contributed by atoms with Gasteiger partial charge in [-0.05, 0) is 43.5 Å². The first-order chi connectivity index (χ1) is 14.8. The van der Waals surface area contributed by atoms with Crippen molar-refractivity contribution in [3.63, 3.8) is 0 Å². The smallest absolute Gasteiger partial charge is 0.211 e. The first-order valence-corrected chi connectivity index (χ1v) is 12.0. The van der Waals surface area contributed by atoms with E-state index in [-0.39, 0.29) is 6.04 Å². The maximum atomic E-state index is 11.9. The van der Waals surface area contributed by atoms with Crippen LogP contribution in [0.4, 0.5) is 5.82 Å². The molecule has 1 fully saturated rings. The van der Waals surface area contributed by atoms with Gasteiger partial charge in [0.15, 0.2) is 0 Å². The zero-order valence-corrected chi connectivity index (χ0v) is 18.2. The molecule has 1 aliphatic rings. The monoisotopic (exact) mass is 437 g/mol. The zero-order valence-electron chi connectivity index (χ0n) is 17.4. The molecule has 0 amide bonds. The van der Waals surface area contributed by atoms with Gasteiger partial charge in [0.05, 0.1) is 35.5 Å². The van der Waals surface area contributed by atoms with E-state index in [1.165, 1.54) is 10.6 Å². The van der Waals surface area contributed by atoms with E-state index in [0.29, 0.717) is 18.9 Å². The van der Waals surface area contributed by atoms with Gasteiger partial charge in [-0.15, -0.1) is 0 Å². The minimum absolute atomic E-state index is 0.152. The molecule has 0 atom stereocenters. The van der Waals surface area contributed by atoms with E-state index < -0.39 is 10.0 Å².